The van der Waals surface area contributed by atoms with Crippen molar-refractivity contribution in [3.63, 3.8) is 0 Å². The van der Waals surface area contributed by atoms with Crippen LogP contribution in [0.4, 0.5) is 5.69 Å². The van der Waals surface area contributed by atoms with Crippen molar-refractivity contribution in [1.29, 1.82) is 0 Å². The van der Waals surface area contributed by atoms with Crippen molar-refractivity contribution in [2.24, 2.45) is 7.05 Å². The van der Waals surface area contributed by atoms with Gasteiger partial charge in [-0.1, -0.05) is 0 Å². The molecule has 2 fully saturated rings. The van der Waals surface area contributed by atoms with Crippen molar-refractivity contribution in [2.45, 2.75) is 37.8 Å². The molecule has 1 aromatic carbocycles. The zero-order valence-electron chi connectivity index (χ0n) is 18.4. The van der Waals surface area contributed by atoms with Crippen molar-refractivity contribution < 1.29 is 14.3 Å². The number of nitrogens with one attached hydrogen (secondary N) is 1. The summed E-state index contributed by atoms with van der Waals surface area (Å²) in [5.74, 6) is 0.773. The number of amides is 1. The number of nitrogens with zero attached hydrogens (tertiary/aromatic N) is 4. The third-order valence-electron chi connectivity index (χ3n) is 6.38. The summed E-state index contributed by atoms with van der Waals surface area (Å²) < 4.78 is 13.8. The third kappa shape index (κ3) is 4.41. The van der Waals surface area contributed by atoms with Crippen LogP contribution in [-0.4, -0.2) is 58.9 Å². The van der Waals surface area contributed by atoms with Crippen LogP contribution in [-0.2, 0) is 11.8 Å². The lowest BCUT2D eigenvalue weighted by atomic mass is 9.92. The molecule has 0 atom stereocenters. The Kier molecular flexibility index (Phi) is 5.94. The minimum Gasteiger partial charge on any atom is -0.488 e. The summed E-state index contributed by atoms with van der Waals surface area (Å²) >= 11 is 0. The average molecular weight is 436 g/mol. The maximum atomic E-state index is 12.5. The van der Waals surface area contributed by atoms with Gasteiger partial charge in [0, 0.05) is 56.5 Å². The number of carbonyl (C=O) groups excluding carboxylic acids is 1. The Balaban J connectivity index is 1.26. The summed E-state index contributed by atoms with van der Waals surface area (Å²) in [5, 5.41) is 3.17. The molecule has 0 spiro atoms. The fraction of sp³-hybridized carbons (Fsp3) is 0.458. The highest BCUT2D eigenvalue weighted by molar-refractivity contribution is 5.92. The maximum Gasteiger partial charge on any atom is 0.268 e. The Morgan fingerprint density at radius 2 is 1.91 bits per heavy atom. The van der Waals surface area contributed by atoms with E-state index in [1.807, 2.05) is 29.9 Å². The first-order valence-electron chi connectivity index (χ1n) is 11.3. The summed E-state index contributed by atoms with van der Waals surface area (Å²) in [6, 6.07) is 8.08. The van der Waals surface area contributed by atoms with E-state index in [4.69, 9.17) is 9.47 Å². The number of carbonyl (C=O) groups is 1. The molecule has 0 bridgehead atoms. The molecule has 3 aromatic rings. The highest BCUT2D eigenvalue weighted by Crippen LogP contribution is 2.33. The van der Waals surface area contributed by atoms with Crippen LogP contribution in [0.2, 0.25) is 0 Å². The Morgan fingerprint density at radius 1 is 1.12 bits per heavy atom. The van der Waals surface area contributed by atoms with Crippen LogP contribution in [0.5, 0.6) is 5.75 Å². The fourth-order valence-electron chi connectivity index (χ4n) is 4.58. The number of hydrogen-bond acceptors (Lipinski definition) is 6. The molecule has 168 valence electrons. The Labute approximate surface area is 187 Å². The van der Waals surface area contributed by atoms with Crippen LogP contribution in [0.15, 0.2) is 42.9 Å². The van der Waals surface area contributed by atoms with Gasteiger partial charge in [-0.3, -0.25) is 9.78 Å². The minimum atomic E-state index is -0.0126. The predicted octanol–water partition coefficient (Wildman–Crippen LogP) is 2.92. The maximum absolute atomic E-state index is 12.5. The molecule has 1 aliphatic heterocycles. The number of benzene rings is 1. The molecule has 8 nitrogen and oxygen atoms in total. The van der Waals surface area contributed by atoms with Crippen molar-refractivity contribution >= 4 is 22.6 Å². The number of hydrogen-bond donors (Lipinski definition) is 1. The normalized spacial score (nSPS) is 21.5. The fourth-order valence-corrected chi connectivity index (χ4v) is 4.58. The predicted molar refractivity (Wildman–Crippen MR) is 122 cm³/mol. The van der Waals surface area contributed by atoms with Crippen LogP contribution in [0.25, 0.3) is 11.0 Å². The van der Waals surface area contributed by atoms with E-state index in [1.54, 1.807) is 12.4 Å². The standard InChI is InChI=1S/C24H29N5O3/c1-28-10-2-3-21(28)24(30)27-17-4-6-19(7-5-17)32-22-16-18(29-11-13-31-14-12-29)15-20-23(22)26-9-8-25-20/h2-3,8-10,15-17,19H,4-7,11-14H2,1H3,(H,27,30). The van der Waals surface area contributed by atoms with Crippen LogP contribution < -0.4 is 15.0 Å². The first-order chi connectivity index (χ1) is 15.7. The topological polar surface area (TPSA) is 81.5 Å². The van der Waals surface area contributed by atoms with Gasteiger partial charge in [-0.15, -0.1) is 0 Å². The number of aryl methyl sites for hydroxylation is 1. The van der Waals surface area contributed by atoms with E-state index >= 15 is 0 Å². The quantitative estimate of drug-likeness (QED) is 0.664. The second kappa shape index (κ2) is 9.16. The first-order valence-corrected chi connectivity index (χ1v) is 11.3. The van der Waals surface area contributed by atoms with E-state index in [0.29, 0.717) is 5.69 Å². The van der Waals surface area contributed by atoms with E-state index in [9.17, 15) is 4.79 Å². The van der Waals surface area contributed by atoms with Gasteiger partial charge < -0.3 is 24.3 Å². The van der Waals surface area contributed by atoms with Gasteiger partial charge in [0.25, 0.3) is 5.91 Å². The molecule has 3 heterocycles. The van der Waals surface area contributed by atoms with Gasteiger partial charge in [-0.05, 0) is 43.9 Å². The molecule has 32 heavy (non-hydrogen) atoms. The van der Waals surface area contributed by atoms with E-state index in [2.05, 4.69) is 32.3 Å². The lowest BCUT2D eigenvalue weighted by molar-refractivity contribution is 0.0887. The molecule has 2 aliphatic rings. The average Bonchev–Trinajstić information content (AvgIpc) is 3.27. The number of rotatable bonds is 5. The van der Waals surface area contributed by atoms with Crippen LogP contribution >= 0.6 is 0 Å². The number of morpholine rings is 1. The molecule has 1 amide bonds. The first kappa shape index (κ1) is 20.8. The van der Waals surface area contributed by atoms with Crippen molar-refractivity contribution in [1.82, 2.24) is 19.9 Å². The second-order valence-corrected chi connectivity index (χ2v) is 8.54. The molecule has 0 unspecified atom stereocenters. The smallest absolute Gasteiger partial charge is 0.268 e. The van der Waals surface area contributed by atoms with Crippen molar-refractivity contribution in [3.05, 3.63) is 48.5 Å². The Morgan fingerprint density at radius 3 is 2.66 bits per heavy atom. The van der Waals surface area contributed by atoms with Gasteiger partial charge in [0.2, 0.25) is 0 Å². The van der Waals surface area contributed by atoms with Gasteiger partial charge in [0.1, 0.15) is 17.0 Å². The molecule has 1 aliphatic carbocycles. The number of aromatic nitrogens is 3. The van der Waals surface area contributed by atoms with Crippen LogP contribution in [0.1, 0.15) is 36.2 Å². The Hall–Kier alpha value is -3.13. The zero-order valence-corrected chi connectivity index (χ0v) is 18.4. The van der Waals surface area contributed by atoms with Crippen molar-refractivity contribution in [2.75, 3.05) is 31.2 Å². The molecule has 1 saturated carbocycles. The summed E-state index contributed by atoms with van der Waals surface area (Å²) in [7, 11) is 1.89. The van der Waals surface area contributed by atoms with Crippen LogP contribution in [0.3, 0.4) is 0 Å². The molecular weight excluding hydrogens is 406 g/mol. The molecule has 5 rings (SSSR count). The molecule has 1 saturated heterocycles. The van der Waals surface area contributed by atoms with E-state index in [0.717, 1.165) is 74.5 Å². The minimum absolute atomic E-state index is 0.0126. The van der Waals surface area contributed by atoms with Gasteiger partial charge in [-0.2, -0.15) is 0 Å². The van der Waals surface area contributed by atoms with Crippen molar-refractivity contribution in [3.8, 4) is 5.75 Å². The lowest BCUT2D eigenvalue weighted by Gasteiger charge is -2.31. The summed E-state index contributed by atoms with van der Waals surface area (Å²) in [4.78, 5) is 23.9. The highest BCUT2D eigenvalue weighted by Gasteiger charge is 2.26. The number of fused-ring (bicyclic) bond motifs is 1. The summed E-state index contributed by atoms with van der Waals surface area (Å²) in [6.07, 6.45) is 8.99. The van der Waals surface area contributed by atoms with E-state index < -0.39 is 0 Å². The monoisotopic (exact) mass is 435 g/mol. The molecule has 1 N–H and O–H groups in total. The second-order valence-electron chi connectivity index (χ2n) is 8.54. The molecular formula is C24H29N5O3. The van der Waals surface area contributed by atoms with Gasteiger partial charge >= 0.3 is 0 Å². The molecule has 2 aromatic heterocycles. The Bertz CT molecular complexity index is 1080. The molecule has 0 radical (unpaired) electrons. The van der Waals surface area contributed by atoms with Crippen LogP contribution in [0, 0.1) is 0 Å². The lowest BCUT2D eigenvalue weighted by Crippen LogP contribution is -2.40. The van der Waals surface area contributed by atoms with Gasteiger partial charge in [0.15, 0.2) is 0 Å². The van der Waals surface area contributed by atoms with E-state index in [-0.39, 0.29) is 18.1 Å². The van der Waals surface area contributed by atoms with Gasteiger partial charge in [0.05, 0.1) is 24.8 Å². The number of ether oxygens (including phenoxy) is 2. The molecule has 8 heteroatoms. The van der Waals surface area contributed by atoms with E-state index in [1.165, 1.54) is 0 Å². The highest BCUT2D eigenvalue weighted by atomic mass is 16.5. The van der Waals surface area contributed by atoms with Gasteiger partial charge in [-0.25, -0.2) is 4.98 Å². The largest absolute Gasteiger partial charge is 0.488 e. The third-order valence-corrected chi connectivity index (χ3v) is 6.38. The summed E-state index contributed by atoms with van der Waals surface area (Å²) in [6.45, 7) is 3.18. The SMILES string of the molecule is Cn1cccc1C(=O)NC1CCC(Oc2cc(N3CCOCC3)cc3nccnc23)CC1. The summed E-state index contributed by atoms with van der Waals surface area (Å²) in [5.41, 5.74) is 3.42. The zero-order chi connectivity index (χ0) is 21.9. The number of anilines is 1.